The summed E-state index contributed by atoms with van der Waals surface area (Å²) in [5.41, 5.74) is 2.37. The molecule has 0 saturated carbocycles. The van der Waals surface area contributed by atoms with Gasteiger partial charge < -0.3 is 10.2 Å². The lowest BCUT2D eigenvalue weighted by Crippen LogP contribution is -2.22. The number of halogens is 1. The van der Waals surface area contributed by atoms with Crippen molar-refractivity contribution in [1.82, 2.24) is 5.32 Å². The molecule has 0 aromatic heterocycles. The summed E-state index contributed by atoms with van der Waals surface area (Å²) in [7, 11) is 0. The van der Waals surface area contributed by atoms with Crippen molar-refractivity contribution < 1.29 is 0 Å². The van der Waals surface area contributed by atoms with E-state index >= 15 is 0 Å². The van der Waals surface area contributed by atoms with Gasteiger partial charge in [-0.05, 0) is 45.0 Å². The third-order valence-corrected chi connectivity index (χ3v) is 3.39. The van der Waals surface area contributed by atoms with E-state index in [2.05, 4.69) is 56.1 Å². The summed E-state index contributed by atoms with van der Waals surface area (Å²) < 4.78 is 0. The Labute approximate surface area is 110 Å². The highest BCUT2D eigenvalue weighted by atomic mass is 35.5. The van der Waals surface area contributed by atoms with E-state index in [9.17, 15) is 0 Å². The fourth-order valence-corrected chi connectivity index (χ4v) is 2.35. The minimum atomic E-state index is 0.350. The number of rotatable bonds is 6. The van der Waals surface area contributed by atoms with Gasteiger partial charge in [0, 0.05) is 19.1 Å². The molecule has 0 aliphatic heterocycles. The van der Waals surface area contributed by atoms with Crippen LogP contribution in [0.25, 0.3) is 0 Å². The summed E-state index contributed by atoms with van der Waals surface area (Å²) in [4.78, 5) is 2.27. The van der Waals surface area contributed by atoms with Gasteiger partial charge in [0.2, 0.25) is 0 Å². The third kappa shape index (κ3) is 3.62. The Hall–Kier alpha value is -0.730. The number of hydrogen-bond donors (Lipinski definition) is 1. The molecule has 0 spiro atoms. The van der Waals surface area contributed by atoms with Gasteiger partial charge in [-0.1, -0.05) is 24.6 Å². The zero-order valence-electron chi connectivity index (χ0n) is 11.3. The molecule has 1 rings (SSSR count). The van der Waals surface area contributed by atoms with Crippen molar-refractivity contribution in [2.45, 2.75) is 33.7 Å². The molecule has 0 amide bonds. The number of nitrogens with one attached hydrogen (secondary N) is 1. The second-order valence-electron chi connectivity index (χ2n) is 4.16. The van der Waals surface area contributed by atoms with E-state index in [-0.39, 0.29) is 0 Å². The Morgan fingerprint density at radius 1 is 1.24 bits per heavy atom. The maximum atomic E-state index is 6.36. The first kappa shape index (κ1) is 14.3. The number of hydrogen-bond acceptors (Lipinski definition) is 2. The van der Waals surface area contributed by atoms with E-state index < -0.39 is 0 Å². The molecule has 0 saturated heterocycles. The van der Waals surface area contributed by atoms with Gasteiger partial charge in [-0.15, -0.1) is 0 Å². The summed E-state index contributed by atoms with van der Waals surface area (Å²) in [6, 6.07) is 6.71. The SMILES string of the molecule is CCNC(C)c1ccc(N(CC)CC)c(Cl)c1. The fourth-order valence-electron chi connectivity index (χ4n) is 2.04. The van der Waals surface area contributed by atoms with Crippen LogP contribution in [-0.2, 0) is 0 Å². The van der Waals surface area contributed by atoms with Crippen molar-refractivity contribution in [2.24, 2.45) is 0 Å². The number of anilines is 1. The third-order valence-electron chi connectivity index (χ3n) is 3.09. The second kappa shape index (κ2) is 6.87. The summed E-state index contributed by atoms with van der Waals surface area (Å²) in [6.45, 7) is 11.5. The van der Waals surface area contributed by atoms with Crippen LogP contribution in [0, 0.1) is 0 Å². The van der Waals surface area contributed by atoms with Crippen LogP contribution in [0.3, 0.4) is 0 Å². The van der Waals surface area contributed by atoms with Crippen LogP contribution < -0.4 is 10.2 Å². The van der Waals surface area contributed by atoms with Crippen LogP contribution in [0.5, 0.6) is 0 Å². The van der Waals surface area contributed by atoms with Crippen molar-refractivity contribution >= 4 is 17.3 Å². The molecule has 1 aromatic rings. The van der Waals surface area contributed by atoms with Crippen LogP contribution in [0.2, 0.25) is 5.02 Å². The molecule has 0 radical (unpaired) electrons. The molecule has 17 heavy (non-hydrogen) atoms. The summed E-state index contributed by atoms with van der Waals surface area (Å²) >= 11 is 6.36. The number of benzene rings is 1. The Morgan fingerprint density at radius 3 is 2.35 bits per heavy atom. The number of nitrogens with zero attached hydrogens (tertiary/aromatic N) is 1. The highest BCUT2D eigenvalue weighted by Crippen LogP contribution is 2.28. The minimum absolute atomic E-state index is 0.350. The minimum Gasteiger partial charge on any atom is -0.371 e. The van der Waals surface area contributed by atoms with Gasteiger partial charge in [-0.2, -0.15) is 0 Å². The van der Waals surface area contributed by atoms with E-state index in [1.54, 1.807) is 0 Å². The molecular formula is C14H23ClN2. The average molecular weight is 255 g/mol. The zero-order valence-corrected chi connectivity index (χ0v) is 12.0. The fraction of sp³-hybridized carbons (Fsp3) is 0.571. The topological polar surface area (TPSA) is 15.3 Å². The molecule has 96 valence electrons. The zero-order chi connectivity index (χ0) is 12.8. The molecule has 1 aromatic carbocycles. The largest absolute Gasteiger partial charge is 0.371 e. The second-order valence-corrected chi connectivity index (χ2v) is 4.57. The molecule has 0 heterocycles. The lowest BCUT2D eigenvalue weighted by molar-refractivity contribution is 0.598. The van der Waals surface area contributed by atoms with E-state index in [0.29, 0.717) is 6.04 Å². The van der Waals surface area contributed by atoms with Crippen LogP contribution in [0.15, 0.2) is 18.2 Å². The van der Waals surface area contributed by atoms with Gasteiger partial charge >= 0.3 is 0 Å². The molecule has 1 unspecified atom stereocenters. The van der Waals surface area contributed by atoms with Gasteiger partial charge in [0.25, 0.3) is 0 Å². The molecule has 0 bridgehead atoms. The summed E-state index contributed by atoms with van der Waals surface area (Å²) in [5, 5.41) is 4.24. The van der Waals surface area contributed by atoms with E-state index in [1.165, 1.54) is 5.56 Å². The maximum absolute atomic E-state index is 6.36. The molecule has 3 heteroatoms. The quantitative estimate of drug-likeness (QED) is 0.830. The van der Waals surface area contributed by atoms with Crippen molar-refractivity contribution in [3.8, 4) is 0 Å². The first-order valence-electron chi connectivity index (χ1n) is 6.41. The van der Waals surface area contributed by atoms with Crippen molar-refractivity contribution in [3.05, 3.63) is 28.8 Å². The molecular weight excluding hydrogens is 232 g/mol. The Kier molecular flexibility index (Phi) is 5.79. The smallest absolute Gasteiger partial charge is 0.0642 e. The van der Waals surface area contributed by atoms with Gasteiger partial charge in [-0.3, -0.25) is 0 Å². The van der Waals surface area contributed by atoms with E-state index in [0.717, 1.165) is 30.3 Å². The summed E-state index contributed by atoms with van der Waals surface area (Å²) in [6.07, 6.45) is 0. The van der Waals surface area contributed by atoms with Gasteiger partial charge in [0.1, 0.15) is 0 Å². The van der Waals surface area contributed by atoms with Gasteiger partial charge in [0.15, 0.2) is 0 Å². The molecule has 2 nitrogen and oxygen atoms in total. The van der Waals surface area contributed by atoms with Gasteiger partial charge in [0.05, 0.1) is 10.7 Å². The lowest BCUT2D eigenvalue weighted by atomic mass is 10.1. The van der Waals surface area contributed by atoms with Crippen molar-refractivity contribution in [1.29, 1.82) is 0 Å². The van der Waals surface area contributed by atoms with Crippen molar-refractivity contribution in [2.75, 3.05) is 24.5 Å². The molecule has 1 N–H and O–H groups in total. The predicted molar refractivity (Wildman–Crippen MR) is 77.1 cm³/mol. The molecule has 0 aliphatic carbocycles. The van der Waals surface area contributed by atoms with Crippen molar-refractivity contribution in [3.63, 3.8) is 0 Å². The van der Waals surface area contributed by atoms with Crippen LogP contribution in [0.4, 0.5) is 5.69 Å². The molecule has 0 aliphatic rings. The van der Waals surface area contributed by atoms with Crippen LogP contribution in [0.1, 0.15) is 39.3 Å². The molecule has 1 atom stereocenters. The Balaban J connectivity index is 2.92. The average Bonchev–Trinajstić information content (AvgIpc) is 2.32. The van der Waals surface area contributed by atoms with E-state index in [4.69, 9.17) is 11.6 Å². The monoisotopic (exact) mass is 254 g/mol. The van der Waals surface area contributed by atoms with Crippen LogP contribution in [-0.4, -0.2) is 19.6 Å². The first-order valence-corrected chi connectivity index (χ1v) is 6.79. The summed E-state index contributed by atoms with van der Waals surface area (Å²) in [5.74, 6) is 0. The normalized spacial score (nSPS) is 12.5. The molecule has 0 fully saturated rings. The maximum Gasteiger partial charge on any atom is 0.0642 e. The standard InChI is InChI=1S/C14H23ClN2/c1-5-16-11(4)12-8-9-14(13(15)10-12)17(6-2)7-3/h8-11,16H,5-7H2,1-4H3. The highest BCUT2D eigenvalue weighted by Gasteiger charge is 2.10. The Bertz CT molecular complexity index is 348. The van der Waals surface area contributed by atoms with Crippen LogP contribution >= 0.6 is 11.6 Å². The Morgan fingerprint density at radius 2 is 1.88 bits per heavy atom. The van der Waals surface area contributed by atoms with E-state index in [1.807, 2.05) is 0 Å². The highest BCUT2D eigenvalue weighted by molar-refractivity contribution is 6.33. The lowest BCUT2D eigenvalue weighted by Gasteiger charge is -2.23. The van der Waals surface area contributed by atoms with Gasteiger partial charge in [-0.25, -0.2) is 0 Å². The predicted octanol–water partition coefficient (Wildman–Crippen LogP) is 3.86. The first-order chi connectivity index (χ1) is 8.13.